The lowest BCUT2D eigenvalue weighted by molar-refractivity contribution is 0.313. The molecule has 0 aliphatic heterocycles. The standard InChI is InChI=1S/C15H14N2OS/c16-9-12-6-7-13(19-12)10-18-14-5-1-3-11-4-2-8-17-15(11)14/h1-8H,9-10,16H2. The quantitative estimate of drug-likeness (QED) is 0.791. The van der Waals surface area contributed by atoms with Gasteiger partial charge >= 0.3 is 0 Å². The average Bonchev–Trinajstić information content (AvgIpc) is 2.93. The molecule has 96 valence electrons. The first kappa shape index (κ1) is 12.1. The highest BCUT2D eigenvalue weighted by Crippen LogP contribution is 2.25. The summed E-state index contributed by atoms with van der Waals surface area (Å²) in [7, 11) is 0. The lowest BCUT2D eigenvalue weighted by Crippen LogP contribution is -1.94. The number of nitrogens with two attached hydrogens (primary N) is 1. The third kappa shape index (κ3) is 2.59. The van der Waals surface area contributed by atoms with E-state index in [2.05, 4.69) is 11.1 Å². The van der Waals surface area contributed by atoms with Crippen molar-refractivity contribution >= 4 is 22.2 Å². The van der Waals surface area contributed by atoms with Gasteiger partial charge in [0.2, 0.25) is 0 Å². The monoisotopic (exact) mass is 270 g/mol. The van der Waals surface area contributed by atoms with Crippen molar-refractivity contribution in [2.24, 2.45) is 5.73 Å². The molecule has 0 saturated carbocycles. The molecule has 0 saturated heterocycles. The third-order valence-electron chi connectivity index (χ3n) is 2.88. The fourth-order valence-electron chi connectivity index (χ4n) is 1.95. The van der Waals surface area contributed by atoms with Gasteiger partial charge in [0.15, 0.2) is 0 Å². The highest BCUT2D eigenvalue weighted by molar-refractivity contribution is 7.11. The summed E-state index contributed by atoms with van der Waals surface area (Å²) in [6.45, 7) is 1.14. The molecule has 0 atom stereocenters. The maximum absolute atomic E-state index is 5.87. The molecule has 3 aromatic rings. The number of hydrogen-bond donors (Lipinski definition) is 1. The van der Waals surface area contributed by atoms with Crippen LogP contribution in [0.1, 0.15) is 9.75 Å². The van der Waals surface area contributed by atoms with Crippen molar-refractivity contribution in [3.63, 3.8) is 0 Å². The Balaban J connectivity index is 1.81. The number of fused-ring (bicyclic) bond motifs is 1. The number of pyridine rings is 1. The minimum atomic E-state index is 0.556. The maximum Gasteiger partial charge on any atom is 0.146 e. The molecule has 0 fully saturated rings. The fourth-order valence-corrected chi connectivity index (χ4v) is 2.76. The zero-order valence-electron chi connectivity index (χ0n) is 10.4. The van der Waals surface area contributed by atoms with Crippen molar-refractivity contribution < 1.29 is 4.74 Å². The van der Waals surface area contributed by atoms with E-state index >= 15 is 0 Å². The van der Waals surface area contributed by atoms with Crippen LogP contribution in [0, 0.1) is 0 Å². The summed E-state index contributed by atoms with van der Waals surface area (Å²) < 4.78 is 5.87. The molecule has 19 heavy (non-hydrogen) atoms. The second-order valence-corrected chi connectivity index (χ2v) is 5.44. The zero-order chi connectivity index (χ0) is 13.1. The van der Waals surface area contributed by atoms with Gasteiger partial charge in [-0.1, -0.05) is 18.2 Å². The zero-order valence-corrected chi connectivity index (χ0v) is 11.2. The second-order valence-electron chi connectivity index (χ2n) is 4.19. The van der Waals surface area contributed by atoms with E-state index in [0.29, 0.717) is 13.2 Å². The first-order valence-electron chi connectivity index (χ1n) is 6.11. The van der Waals surface area contributed by atoms with Gasteiger partial charge in [-0.3, -0.25) is 4.98 Å². The Bertz CT molecular complexity index is 688. The lowest BCUT2D eigenvalue weighted by atomic mass is 10.2. The number of nitrogens with zero attached hydrogens (tertiary/aromatic N) is 1. The number of para-hydroxylation sites is 1. The van der Waals surface area contributed by atoms with Gasteiger partial charge in [-0.2, -0.15) is 0 Å². The smallest absolute Gasteiger partial charge is 0.146 e. The van der Waals surface area contributed by atoms with Crippen LogP contribution >= 0.6 is 11.3 Å². The summed E-state index contributed by atoms with van der Waals surface area (Å²) >= 11 is 1.69. The van der Waals surface area contributed by atoms with Gasteiger partial charge in [0.1, 0.15) is 17.9 Å². The Morgan fingerprint density at radius 1 is 1.05 bits per heavy atom. The average molecular weight is 270 g/mol. The van der Waals surface area contributed by atoms with E-state index in [1.165, 1.54) is 9.75 Å². The van der Waals surface area contributed by atoms with E-state index in [1.807, 2.05) is 36.4 Å². The number of rotatable bonds is 4. The molecule has 0 spiro atoms. The Kier molecular flexibility index (Phi) is 3.44. The largest absolute Gasteiger partial charge is 0.486 e. The number of hydrogen-bond acceptors (Lipinski definition) is 4. The first-order valence-corrected chi connectivity index (χ1v) is 6.92. The topological polar surface area (TPSA) is 48.1 Å². The van der Waals surface area contributed by atoms with Crippen molar-refractivity contribution in [3.05, 3.63) is 58.4 Å². The molecule has 4 heteroatoms. The van der Waals surface area contributed by atoms with Crippen LogP contribution in [0.4, 0.5) is 0 Å². The Morgan fingerprint density at radius 3 is 2.74 bits per heavy atom. The minimum Gasteiger partial charge on any atom is -0.486 e. The van der Waals surface area contributed by atoms with Gasteiger partial charge in [-0.15, -0.1) is 11.3 Å². The van der Waals surface area contributed by atoms with E-state index < -0.39 is 0 Å². The molecular weight excluding hydrogens is 256 g/mol. The maximum atomic E-state index is 5.87. The molecular formula is C15H14N2OS. The number of thiophene rings is 1. The molecule has 0 radical (unpaired) electrons. The van der Waals surface area contributed by atoms with Crippen LogP contribution in [0.25, 0.3) is 10.9 Å². The van der Waals surface area contributed by atoms with Gasteiger partial charge in [-0.25, -0.2) is 0 Å². The molecule has 1 aromatic carbocycles. The van der Waals surface area contributed by atoms with Crippen LogP contribution in [-0.4, -0.2) is 4.98 Å². The Morgan fingerprint density at radius 2 is 1.89 bits per heavy atom. The van der Waals surface area contributed by atoms with Crippen molar-refractivity contribution in [2.45, 2.75) is 13.2 Å². The van der Waals surface area contributed by atoms with Crippen molar-refractivity contribution in [2.75, 3.05) is 0 Å². The predicted octanol–water partition coefficient (Wildman–Crippen LogP) is 3.33. The summed E-state index contributed by atoms with van der Waals surface area (Å²) in [5.41, 5.74) is 6.51. The Labute approximate surface area is 115 Å². The molecule has 3 nitrogen and oxygen atoms in total. The second kappa shape index (κ2) is 5.38. The van der Waals surface area contributed by atoms with Crippen molar-refractivity contribution in [3.8, 4) is 5.75 Å². The first-order chi connectivity index (χ1) is 9.36. The number of benzene rings is 1. The summed E-state index contributed by atoms with van der Waals surface area (Å²) in [4.78, 5) is 6.72. The van der Waals surface area contributed by atoms with Crippen LogP contribution < -0.4 is 10.5 Å². The van der Waals surface area contributed by atoms with E-state index in [0.717, 1.165) is 16.7 Å². The molecule has 0 aliphatic rings. The number of aromatic nitrogens is 1. The normalized spacial score (nSPS) is 10.8. The van der Waals surface area contributed by atoms with Gasteiger partial charge < -0.3 is 10.5 Å². The van der Waals surface area contributed by atoms with Crippen molar-refractivity contribution in [1.29, 1.82) is 0 Å². The molecule has 2 heterocycles. The summed E-state index contributed by atoms with van der Waals surface area (Å²) in [6, 6.07) is 14.0. The number of ether oxygens (including phenoxy) is 1. The van der Waals surface area contributed by atoms with Gasteiger partial charge in [0.05, 0.1) is 0 Å². The molecule has 0 amide bonds. The van der Waals surface area contributed by atoms with Gasteiger partial charge in [0, 0.05) is 27.9 Å². The van der Waals surface area contributed by atoms with Crippen LogP contribution in [0.3, 0.4) is 0 Å². The van der Waals surface area contributed by atoms with Crippen LogP contribution in [-0.2, 0) is 13.2 Å². The van der Waals surface area contributed by atoms with Gasteiger partial charge in [0.25, 0.3) is 0 Å². The van der Waals surface area contributed by atoms with E-state index in [-0.39, 0.29) is 0 Å². The molecule has 0 bridgehead atoms. The van der Waals surface area contributed by atoms with Crippen LogP contribution in [0.2, 0.25) is 0 Å². The van der Waals surface area contributed by atoms with E-state index in [4.69, 9.17) is 10.5 Å². The molecule has 0 unspecified atom stereocenters. The van der Waals surface area contributed by atoms with Crippen LogP contribution in [0.15, 0.2) is 48.7 Å². The van der Waals surface area contributed by atoms with Crippen molar-refractivity contribution in [1.82, 2.24) is 4.98 Å². The molecule has 0 aliphatic carbocycles. The highest BCUT2D eigenvalue weighted by Gasteiger charge is 2.04. The minimum absolute atomic E-state index is 0.556. The SMILES string of the molecule is NCc1ccc(COc2cccc3cccnc23)s1. The van der Waals surface area contributed by atoms with Crippen LogP contribution in [0.5, 0.6) is 5.75 Å². The fraction of sp³-hybridized carbons (Fsp3) is 0.133. The lowest BCUT2D eigenvalue weighted by Gasteiger charge is -2.07. The van der Waals surface area contributed by atoms with E-state index in [9.17, 15) is 0 Å². The summed E-state index contributed by atoms with van der Waals surface area (Å²) in [6.07, 6.45) is 1.78. The predicted molar refractivity (Wildman–Crippen MR) is 78.3 cm³/mol. The third-order valence-corrected chi connectivity index (χ3v) is 3.97. The van der Waals surface area contributed by atoms with E-state index in [1.54, 1.807) is 17.5 Å². The summed E-state index contributed by atoms with van der Waals surface area (Å²) in [5.74, 6) is 0.820. The molecule has 2 aromatic heterocycles. The molecule has 2 N–H and O–H groups in total. The summed E-state index contributed by atoms with van der Waals surface area (Å²) in [5, 5.41) is 1.09. The molecule has 3 rings (SSSR count). The Hall–Kier alpha value is -1.91. The van der Waals surface area contributed by atoms with Gasteiger partial charge in [-0.05, 0) is 24.3 Å². The highest BCUT2D eigenvalue weighted by atomic mass is 32.1.